The zero-order valence-electron chi connectivity index (χ0n) is 18.1. The smallest absolute Gasteiger partial charge is 0.242 e. The van der Waals surface area contributed by atoms with Crippen LogP contribution in [0.3, 0.4) is 0 Å². The molecular formula is C22H29N7O. The van der Waals surface area contributed by atoms with Gasteiger partial charge in [0, 0.05) is 34.9 Å². The number of hydrogen-bond acceptors (Lipinski definition) is 7. The van der Waals surface area contributed by atoms with E-state index in [0.717, 1.165) is 24.2 Å². The Morgan fingerprint density at radius 2 is 1.83 bits per heavy atom. The van der Waals surface area contributed by atoms with E-state index in [0.29, 0.717) is 17.2 Å². The van der Waals surface area contributed by atoms with Gasteiger partial charge in [0.25, 0.3) is 0 Å². The van der Waals surface area contributed by atoms with Crippen LogP contribution < -0.4 is 10.6 Å². The van der Waals surface area contributed by atoms with Crippen molar-refractivity contribution in [3.8, 4) is 22.7 Å². The number of benzene rings is 1. The van der Waals surface area contributed by atoms with Crippen molar-refractivity contribution < 1.29 is 5.11 Å². The third kappa shape index (κ3) is 4.43. The standard InChI is InChI=1S/C22H29N7O/c1-14-12-29(13-24-14)16-6-7-17(19(30)8-16)18-11-23-20(27-26-18)25-15-9-21(2,3)28-22(4,5)10-15/h6-8,11-13,15,28,30H,9-10H2,1-5H3,(H,23,25,27). The summed E-state index contributed by atoms with van der Waals surface area (Å²) in [5.74, 6) is 0.625. The summed E-state index contributed by atoms with van der Waals surface area (Å²) < 4.78 is 1.86. The molecule has 158 valence electrons. The average molecular weight is 408 g/mol. The topological polar surface area (TPSA) is 101 Å². The van der Waals surface area contributed by atoms with Gasteiger partial charge in [0.2, 0.25) is 5.95 Å². The van der Waals surface area contributed by atoms with Crippen LogP contribution in [0.5, 0.6) is 5.75 Å². The lowest BCUT2D eigenvalue weighted by atomic mass is 9.80. The molecule has 4 rings (SSSR count). The fourth-order valence-corrected chi connectivity index (χ4v) is 4.53. The Labute approximate surface area is 176 Å². The van der Waals surface area contributed by atoms with E-state index < -0.39 is 0 Å². The predicted octanol–water partition coefficient (Wildman–Crippen LogP) is 3.46. The first-order valence-corrected chi connectivity index (χ1v) is 10.2. The van der Waals surface area contributed by atoms with Crippen LogP contribution >= 0.6 is 0 Å². The number of phenols is 1. The van der Waals surface area contributed by atoms with Gasteiger partial charge in [0.15, 0.2) is 0 Å². The van der Waals surface area contributed by atoms with Crippen molar-refractivity contribution in [2.45, 2.75) is 64.6 Å². The Morgan fingerprint density at radius 1 is 1.10 bits per heavy atom. The SMILES string of the molecule is Cc1cn(-c2ccc(-c3cnc(NC4CC(C)(C)NC(C)(C)C4)nn3)c(O)c2)cn1. The summed E-state index contributed by atoms with van der Waals surface area (Å²) in [4.78, 5) is 8.66. The number of aryl methyl sites for hydroxylation is 1. The molecule has 0 unspecified atom stereocenters. The Hall–Kier alpha value is -3.00. The van der Waals surface area contributed by atoms with E-state index in [-0.39, 0.29) is 22.9 Å². The molecule has 0 bridgehead atoms. The number of phenolic OH excluding ortho intramolecular Hbond substituents is 1. The molecule has 0 radical (unpaired) electrons. The molecule has 0 amide bonds. The van der Waals surface area contributed by atoms with Crippen molar-refractivity contribution in [1.82, 2.24) is 30.0 Å². The number of anilines is 1. The molecule has 0 aliphatic carbocycles. The van der Waals surface area contributed by atoms with Gasteiger partial charge in [0.1, 0.15) is 11.4 Å². The molecule has 3 N–H and O–H groups in total. The number of nitrogens with one attached hydrogen (secondary N) is 2. The van der Waals surface area contributed by atoms with Crippen LogP contribution in [0.15, 0.2) is 36.9 Å². The lowest BCUT2D eigenvalue weighted by molar-refractivity contribution is 0.170. The molecule has 8 heteroatoms. The average Bonchev–Trinajstić information content (AvgIpc) is 3.06. The van der Waals surface area contributed by atoms with E-state index in [1.165, 1.54) is 0 Å². The van der Waals surface area contributed by atoms with Crippen LogP contribution in [0, 0.1) is 6.92 Å². The second kappa shape index (κ2) is 7.36. The normalized spacial score (nSPS) is 18.3. The molecule has 1 fully saturated rings. The van der Waals surface area contributed by atoms with Gasteiger partial charge in [-0.3, -0.25) is 0 Å². The molecule has 1 aliphatic heterocycles. The van der Waals surface area contributed by atoms with Crippen LogP contribution in [0.25, 0.3) is 16.9 Å². The fraction of sp³-hybridized carbons (Fsp3) is 0.455. The van der Waals surface area contributed by atoms with Gasteiger partial charge in [-0.2, -0.15) is 0 Å². The van der Waals surface area contributed by atoms with Crippen molar-refractivity contribution >= 4 is 5.95 Å². The fourth-order valence-electron chi connectivity index (χ4n) is 4.53. The Morgan fingerprint density at radius 3 is 2.40 bits per heavy atom. The number of rotatable bonds is 4. The second-order valence-electron chi connectivity index (χ2n) is 9.43. The quantitative estimate of drug-likeness (QED) is 0.609. The minimum absolute atomic E-state index is 0.0358. The Balaban J connectivity index is 1.50. The van der Waals surface area contributed by atoms with E-state index in [1.807, 2.05) is 29.8 Å². The molecule has 3 aromatic rings. The van der Waals surface area contributed by atoms with E-state index in [1.54, 1.807) is 18.6 Å². The first-order valence-electron chi connectivity index (χ1n) is 10.2. The van der Waals surface area contributed by atoms with Crippen LogP contribution in [0.2, 0.25) is 0 Å². The molecule has 2 aromatic heterocycles. The summed E-state index contributed by atoms with van der Waals surface area (Å²) in [6.07, 6.45) is 7.20. The third-order valence-corrected chi connectivity index (χ3v) is 5.35. The van der Waals surface area contributed by atoms with Crippen molar-refractivity contribution in [2.75, 3.05) is 5.32 Å². The summed E-state index contributed by atoms with van der Waals surface area (Å²) in [5, 5.41) is 26.1. The highest BCUT2D eigenvalue weighted by Crippen LogP contribution is 2.31. The zero-order chi connectivity index (χ0) is 21.5. The van der Waals surface area contributed by atoms with Crippen LogP contribution in [0.4, 0.5) is 5.95 Å². The van der Waals surface area contributed by atoms with Crippen molar-refractivity contribution in [3.05, 3.63) is 42.6 Å². The van der Waals surface area contributed by atoms with Crippen molar-refractivity contribution in [1.29, 1.82) is 0 Å². The molecule has 1 aliphatic rings. The largest absolute Gasteiger partial charge is 0.507 e. The van der Waals surface area contributed by atoms with Gasteiger partial charge >= 0.3 is 0 Å². The molecule has 0 saturated carbocycles. The van der Waals surface area contributed by atoms with E-state index in [9.17, 15) is 5.11 Å². The molecule has 30 heavy (non-hydrogen) atoms. The summed E-state index contributed by atoms with van der Waals surface area (Å²) in [6, 6.07) is 5.67. The summed E-state index contributed by atoms with van der Waals surface area (Å²) in [7, 11) is 0. The molecular weight excluding hydrogens is 378 g/mol. The number of nitrogens with zero attached hydrogens (tertiary/aromatic N) is 5. The van der Waals surface area contributed by atoms with Gasteiger partial charge in [-0.25, -0.2) is 9.97 Å². The van der Waals surface area contributed by atoms with Crippen molar-refractivity contribution in [3.63, 3.8) is 0 Å². The third-order valence-electron chi connectivity index (χ3n) is 5.35. The van der Waals surface area contributed by atoms with E-state index >= 15 is 0 Å². The highest BCUT2D eigenvalue weighted by molar-refractivity contribution is 5.68. The molecule has 1 saturated heterocycles. The van der Waals surface area contributed by atoms with Gasteiger partial charge in [-0.05, 0) is 59.6 Å². The Kier molecular flexibility index (Phi) is 4.97. The first kappa shape index (κ1) is 20.3. The van der Waals surface area contributed by atoms with E-state index in [4.69, 9.17) is 0 Å². The van der Waals surface area contributed by atoms with E-state index in [2.05, 4.69) is 58.5 Å². The zero-order valence-corrected chi connectivity index (χ0v) is 18.1. The summed E-state index contributed by atoms with van der Waals surface area (Å²) >= 11 is 0. The number of imidazole rings is 1. The molecule has 8 nitrogen and oxygen atoms in total. The van der Waals surface area contributed by atoms with Gasteiger partial charge < -0.3 is 20.3 Å². The first-order chi connectivity index (χ1) is 14.1. The maximum atomic E-state index is 10.5. The number of aromatic nitrogens is 5. The minimum Gasteiger partial charge on any atom is -0.507 e. The van der Waals surface area contributed by atoms with Crippen molar-refractivity contribution in [2.24, 2.45) is 0 Å². The molecule has 1 aromatic carbocycles. The second-order valence-corrected chi connectivity index (χ2v) is 9.43. The highest BCUT2D eigenvalue weighted by atomic mass is 16.3. The monoisotopic (exact) mass is 407 g/mol. The van der Waals surface area contributed by atoms with Gasteiger partial charge in [-0.15, -0.1) is 10.2 Å². The minimum atomic E-state index is 0.0358. The van der Waals surface area contributed by atoms with Crippen LogP contribution in [-0.2, 0) is 0 Å². The van der Waals surface area contributed by atoms with Crippen LogP contribution in [0.1, 0.15) is 46.2 Å². The predicted molar refractivity (Wildman–Crippen MR) is 117 cm³/mol. The summed E-state index contributed by atoms with van der Waals surface area (Å²) in [6.45, 7) is 10.8. The van der Waals surface area contributed by atoms with Gasteiger partial charge in [0.05, 0.1) is 23.9 Å². The lowest BCUT2D eigenvalue weighted by Crippen LogP contribution is -2.60. The highest BCUT2D eigenvalue weighted by Gasteiger charge is 2.37. The summed E-state index contributed by atoms with van der Waals surface area (Å²) in [5.41, 5.74) is 2.93. The molecule has 0 atom stereocenters. The van der Waals surface area contributed by atoms with Crippen LogP contribution in [-0.4, -0.2) is 47.0 Å². The molecule has 0 spiro atoms. The maximum Gasteiger partial charge on any atom is 0.242 e. The van der Waals surface area contributed by atoms with Gasteiger partial charge in [-0.1, -0.05) is 0 Å². The Bertz CT molecular complexity index is 1020. The lowest BCUT2D eigenvalue weighted by Gasteiger charge is -2.46. The molecule has 3 heterocycles. The number of piperidine rings is 1. The number of hydrogen-bond donors (Lipinski definition) is 3. The number of aromatic hydroxyl groups is 1. The maximum absolute atomic E-state index is 10.5.